The quantitative estimate of drug-likeness (QED) is 0.319. The first kappa shape index (κ1) is 31.1. The van der Waals surface area contributed by atoms with Crippen molar-refractivity contribution in [1.82, 2.24) is 10.2 Å². The van der Waals surface area contributed by atoms with Gasteiger partial charge in [-0.3, -0.25) is 13.9 Å². The third kappa shape index (κ3) is 8.53. The highest BCUT2D eigenvalue weighted by Gasteiger charge is 2.33. The van der Waals surface area contributed by atoms with Crippen molar-refractivity contribution in [2.24, 2.45) is 0 Å². The summed E-state index contributed by atoms with van der Waals surface area (Å²) in [5.41, 5.74) is 2.71. The maximum absolute atomic E-state index is 14.0. The number of hydrogen-bond donors (Lipinski definition) is 1. The number of sulfonamides is 1. The van der Waals surface area contributed by atoms with Gasteiger partial charge in [-0.2, -0.15) is 0 Å². The van der Waals surface area contributed by atoms with E-state index in [0.29, 0.717) is 6.42 Å². The molecule has 40 heavy (non-hydrogen) atoms. The highest BCUT2D eigenvalue weighted by atomic mass is 35.5. The van der Waals surface area contributed by atoms with Crippen LogP contribution >= 0.6 is 11.6 Å². The summed E-state index contributed by atoms with van der Waals surface area (Å²) >= 11 is 5.93. The fourth-order valence-corrected chi connectivity index (χ4v) is 5.16. The minimum absolute atomic E-state index is 0.0428. The van der Waals surface area contributed by atoms with E-state index in [9.17, 15) is 22.4 Å². The number of carbonyl (C=O) groups excluding carboxylic acids is 2. The summed E-state index contributed by atoms with van der Waals surface area (Å²) < 4.78 is 40.3. The van der Waals surface area contributed by atoms with Crippen LogP contribution in [0.1, 0.15) is 37.0 Å². The molecule has 7 nitrogen and oxygen atoms in total. The molecule has 0 saturated carbocycles. The molecule has 1 N–H and O–H groups in total. The van der Waals surface area contributed by atoms with Crippen LogP contribution in [0.2, 0.25) is 5.02 Å². The molecule has 0 aliphatic carbocycles. The molecule has 0 aliphatic rings. The number of carbonyl (C=O) groups is 2. The van der Waals surface area contributed by atoms with Gasteiger partial charge in [-0.05, 0) is 49.6 Å². The number of benzene rings is 3. The molecule has 0 fully saturated rings. The number of hydrogen-bond acceptors (Lipinski definition) is 4. The number of anilines is 1. The SMILES string of the molecule is CCC(C)NC(=O)C(Cc1ccccc1)N(Cc1ccc(C)cc1)C(=O)CN(c1ccc(F)c(Cl)c1)S(C)(=O)=O. The molecule has 3 aromatic rings. The fourth-order valence-electron chi connectivity index (χ4n) is 4.14. The van der Waals surface area contributed by atoms with Crippen LogP contribution in [0.3, 0.4) is 0 Å². The van der Waals surface area contributed by atoms with Gasteiger partial charge >= 0.3 is 0 Å². The third-order valence-electron chi connectivity index (χ3n) is 6.62. The summed E-state index contributed by atoms with van der Waals surface area (Å²) in [5, 5.41) is 2.71. The van der Waals surface area contributed by atoms with Crippen LogP contribution in [0.25, 0.3) is 0 Å². The number of nitrogens with zero attached hydrogens (tertiary/aromatic N) is 2. The lowest BCUT2D eigenvalue weighted by molar-refractivity contribution is -0.140. The van der Waals surface area contributed by atoms with Gasteiger partial charge in [0, 0.05) is 19.0 Å². The maximum atomic E-state index is 14.0. The molecule has 3 aromatic carbocycles. The molecule has 0 saturated heterocycles. The molecule has 3 rings (SSSR count). The van der Waals surface area contributed by atoms with Gasteiger partial charge in [0.15, 0.2) is 0 Å². The summed E-state index contributed by atoms with van der Waals surface area (Å²) in [4.78, 5) is 29.1. The van der Waals surface area contributed by atoms with Crippen molar-refractivity contribution in [3.05, 3.63) is 100 Å². The summed E-state index contributed by atoms with van der Waals surface area (Å²) in [6.07, 6.45) is 1.88. The Balaban J connectivity index is 2.06. The Morgan fingerprint density at radius 2 is 1.65 bits per heavy atom. The lowest BCUT2D eigenvalue weighted by Crippen LogP contribution is -2.54. The van der Waals surface area contributed by atoms with Crippen LogP contribution in [0.4, 0.5) is 10.1 Å². The van der Waals surface area contributed by atoms with E-state index in [4.69, 9.17) is 11.6 Å². The Bertz CT molecular complexity index is 1420. The standard InChI is InChI=1S/C30H35ClFN3O4S/c1-5-22(3)33-30(37)28(17-23-9-7-6-8-10-23)34(19-24-13-11-21(2)12-14-24)29(36)20-35(40(4,38)39)25-15-16-27(32)26(31)18-25/h6-16,18,22,28H,5,17,19-20H2,1-4H3,(H,33,37). The zero-order valence-electron chi connectivity index (χ0n) is 23.1. The molecular formula is C30H35ClFN3O4S. The average molecular weight is 588 g/mol. The number of aryl methyl sites for hydroxylation is 1. The molecule has 0 bridgehead atoms. The number of rotatable bonds is 12. The first-order chi connectivity index (χ1) is 18.9. The van der Waals surface area contributed by atoms with Gasteiger partial charge in [-0.15, -0.1) is 0 Å². The van der Waals surface area contributed by atoms with Gasteiger partial charge in [-0.1, -0.05) is 78.7 Å². The second kappa shape index (κ2) is 13.8. The van der Waals surface area contributed by atoms with E-state index in [1.807, 2.05) is 75.4 Å². The topological polar surface area (TPSA) is 86.8 Å². The molecule has 0 heterocycles. The molecular weight excluding hydrogens is 553 g/mol. The molecule has 2 atom stereocenters. The van der Waals surface area contributed by atoms with Crippen molar-refractivity contribution in [3.63, 3.8) is 0 Å². The van der Waals surface area contributed by atoms with Crippen molar-refractivity contribution < 1.29 is 22.4 Å². The van der Waals surface area contributed by atoms with E-state index in [2.05, 4.69) is 5.32 Å². The van der Waals surface area contributed by atoms with Crippen LogP contribution in [0.5, 0.6) is 0 Å². The normalized spacial score (nSPS) is 12.8. The Kier molecular flexibility index (Phi) is 10.7. The molecule has 10 heteroatoms. The largest absolute Gasteiger partial charge is 0.352 e. The molecule has 0 aromatic heterocycles. The van der Waals surface area contributed by atoms with Crippen LogP contribution in [0, 0.1) is 12.7 Å². The van der Waals surface area contributed by atoms with Gasteiger partial charge in [0.1, 0.15) is 18.4 Å². The van der Waals surface area contributed by atoms with E-state index < -0.39 is 34.3 Å². The van der Waals surface area contributed by atoms with Crippen molar-refractivity contribution in [2.45, 2.75) is 52.2 Å². The van der Waals surface area contributed by atoms with Crippen molar-refractivity contribution >= 4 is 39.1 Å². The van der Waals surface area contributed by atoms with Gasteiger partial charge < -0.3 is 10.2 Å². The summed E-state index contributed by atoms with van der Waals surface area (Å²) in [5.74, 6) is -1.64. The summed E-state index contributed by atoms with van der Waals surface area (Å²) in [6, 6.07) is 19.3. The lowest BCUT2D eigenvalue weighted by atomic mass is 10.0. The van der Waals surface area contributed by atoms with Crippen LogP contribution in [0.15, 0.2) is 72.8 Å². The van der Waals surface area contributed by atoms with Crippen molar-refractivity contribution in [1.29, 1.82) is 0 Å². The lowest BCUT2D eigenvalue weighted by Gasteiger charge is -2.34. The second-order valence-corrected chi connectivity index (χ2v) is 12.2. The third-order valence-corrected chi connectivity index (χ3v) is 8.05. The Morgan fingerprint density at radius 3 is 2.23 bits per heavy atom. The minimum atomic E-state index is -3.98. The number of halogens is 2. The second-order valence-electron chi connectivity index (χ2n) is 9.90. The average Bonchev–Trinajstić information content (AvgIpc) is 2.91. The molecule has 2 amide bonds. The van der Waals surface area contributed by atoms with Gasteiger partial charge in [-0.25, -0.2) is 12.8 Å². The highest BCUT2D eigenvalue weighted by Crippen LogP contribution is 2.25. The van der Waals surface area contributed by atoms with Crippen LogP contribution in [-0.2, 0) is 32.6 Å². The van der Waals surface area contributed by atoms with Crippen LogP contribution < -0.4 is 9.62 Å². The Hall–Kier alpha value is -3.43. The number of amides is 2. The summed E-state index contributed by atoms with van der Waals surface area (Å²) in [7, 11) is -3.98. The fraction of sp³-hybridized carbons (Fsp3) is 0.333. The monoisotopic (exact) mass is 587 g/mol. The van der Waals surface area contributed by atoms with Crippen molar-refractivity contribution in [2.75, 3.05) is 17.1 Å². The van der Waals surface area contributed by atoms with E-state index in [-0.39, 0.29) is 35.6 Å². The predicted molar refractivity (Wildman–Crippen MR) is 157 cm³/mol. The van der Waals surface area contributed by atoms with Gasteiger partial charge in [0.05, 0.1) is 17.0 Å². The predicted octanol–water partition coefficient (Wildman–Crippen LogP) is 5.11. The zero-order chi connectivity index (χ0) is 29.4. The van der Waals surface area contributed by atoms with E-state index in [1.54, 1.807) is 0 Å². The molecule has 2 unspecified atom stereocenters. The van der Waals surface area contributed by atoms with E-state index in [1.165, 1.54) is 11.0 Å². The molecule has 0 aliphatic heterocycles. The van der Waals surface area contributed by atoms with E-state index >= 15 is 0 Å². The number of nitrogens with one attached hydrogen (secondary N) is 1. The van der Waals surface area contributed by atoms with Crippen LogP contribution in [-0.4, -0.2) is 50.0 Å². The molecule has 0 radical (unpaired) electrons. The van der Waals surface area contributed by atoms with Gasteiger partial charge in [0.2, 0.25) is 21.8 Å². The molecule has 0 spiro atoms. The zero-order valence-corrected chi connectivity index (χ0v) is 24.7. The van der Waals surface area contributed by atoms with Gasteiger partial charge in [0.25, 0.3) is 0 Å². The Morgan fingerprint density at radius 1 is 1.00 bits per heavy atom. The maximum Gasteiger partial charge on any atom is 0.244 e. The summed E-state index contributed by atoms with van der Waals surface area (Å²) in [6.45, 7) is 5.25. The van der Waals surface area contributed by atoms with Crippen molar-refractivity contribution in [3.8, 4) is 0 Å². The first-order valence-electron chi connectivity index (χ1n) is 13.0. The Labute approximate surface area is 241 Å². The van der Waals surface area contributed by atoms with E-state index in [0.717, 1.165) is 39.4 Å². The minimum Gasteiger partial charge on any atom is -0.352 e. The highest BCUT2D eigenvalue weighted by molar-refractivity contribution is 7.92. The smallest absolute Gasteiger partial charge is 0.244 e. The first-order valence-corrected chi connectivity index (χ1v) is 15.2. The molecule has 214 valence electrons.